The number of nitrogens with zero attached hydrogens (tertiary/aromatic N) is 3. The summed E-state index contributed by atoms with van der Waals surface area (Å²) in [4.78, 5) is 28.1. The van der Waals surface area contributed by atoms with Crippen LogP contribution >= 0.6 is 0 Å². The van der Waals surface area contributed by atoms with Crippen LogP contribution in [0.5, 0.6) is 0 Å². The summed E-state index contributed by atoms with van der Waals surface area (Å²) in [6, 6.07) is 3.28. The van der Waals surface area contributed by atoms with Crippen LogP contribution < -0.4 is 10.9 Å². The average molecular weight is 290 g/mol. The summed E-state index contributed by atoms with van der Waals surface area (Å²) in [5.74, 6) is 0.725. The fraction of sp³-hybridized carbons (Fsp3) is 0.429. The molecule has 2 aromatic rings. The third-order valence-electron chi connectivity index (χ3n) is 3.25. The highest BCUT2D eigenvalue weighted by atomic mass is 16.5. The molecule has 2 rings (SSSR count). The van der Waals surface area contributed by atoms with Gasteiger partial charge in [-0.2, -0.15) is 4.98 Å². The second-order valence-corrected chi connectivity index (χ2v) is 4.72. The van der Waals surface area contributed by atoms with Crippen molar-refractivity contribution < 1.29 is 9.32 Å². The van der Waals surface area contributed by atoms with Crippen molar-refractivity contribution in [1.82, 2.24) is 20.0 Å². The van der Waals surface area contributed by atoms with Gasteiger partial charge in [0.2, 0.25) is 5.89 Å². The second-order valence-electron chi connectivity index (χ2n) is 4.72. The lowest BCUT2D eigenvalue weighted by Gasteiger charge is -2.07. The van der Waals surface area contributed by atoms with E-state index in [0.29, 0.717) is 31.1 Å². The topological polar surface area (TPSA) is 90.0 Å². The van der Waals surface area contributed by atoms with E-state index in [-0.39, 0.29) is 11.1 Å². The number of hydrogen-bond acceptors (Lipinski definition) is 5. The van der Waals surface area contributed by atoms with Crippen LogP contribution in [0.3, 0.4) is 0 Å². The third-order valence-corrected chi connectivity index (χ3v) is 3.25. The van der Waals surface area contributed by atoms with Crippen LogP contribution in [-0.4, -0.2) is 27.2 Å². The molecule has 0 atom stereocenters. The molecule has 1 N–H and O–H groups in total. The zero-order chi connectivity index (χ0) is 15.4. The Labute approximate surface area is 122 Å². The number of pyridine rings is 1. The Morgan fingerprint density at radius 1 is 1.43 bits per heavy atom. The minimum atomic E-state index is -0.394. The van der Waals surface area contributed by atoms with E-state index < -0.39 is 5.91 Å². The van der Waals surface area contributed by atoms with Crippen LogP contribution in [0.25, 0.3) is 0 Å². The summed E-state index contributed by atoms with van der Waals surface area (Å²) in [6.45, 7) is 4.08. The van der Waals surface area contributed by atoms with Gasteiger partial charge in [0.15, 0.2) is 5.82 Å². The van der Waals surface area contributed by atoms with Crippen LogP contribution in [0, 0.1) is 6.92 Å². The summed E-state index contributed by atoms with van der Waals surface area (Å²) < 4.78 is 6.42. The van der Waals surface area contributed by atoms with Gasteiger partial charge in [0.1, 0.15) is 5.56 Å². The zero-order valence-corrected chi connectivity index (χ0v) is 12.3. The lowest BCUT2D eigenvalue weighted by Crippen LogP contribution is -2.33. The predicted octanol–water partition coefficient (Wildman–Crippen LogP) is 0.612. The standard InChI is InChI=1S/C14H18N4O3/c1-4-12-16-11(17-21-12)7-8-15-13(19)10-6-5-9(2)18(3)14(10)20/h5-6H,4,7-8H2,1-3H3,(H,15,19). The molecule has 2 heterocycles. The van der Waals surface area contributed by atoms with Crippen molar-refractivity contribution in [3.05, 3.63) is 45.5 Å². The number of amides is 1. The molecule has 1 amide bonds. The molecule has 2 aromatic heterocycles. The molecule has 7 heteroatoms. The first-order valence-electron chi connectivity index (χ1n) is 6.79. The first-order valence-corrected chi connectivity index (χ1v) is 6.79. The van der Waals surface area contributed by atoms with E-state index in [2.05, 4.69) is 15.5 Å². The fourth-order valence-electron chi connectivity index (χ4n) is 1.82. The summed E-state index contributed by atoms with van der Waals surface area (Å²) in [5, 5.41) is 6.48. The molecule has 0 unspecified atom stereocenters. The van der Waals surface area contributed by atoms with Crippen LogP contribution in [0.4, 0.5) is 0 Å². The van der Waals surface area contributed by atoms with Crippen LogP contribution in [0.15, 0.2) is 21.5 Å². The SMILES string of the molecule is CCc1nc(CCNC(=O)c2ccc(C)n(C)c2=O)no1. The van der Waals surface area contributed by atoms with Crippen molar-refractivity contribution >= 4 is 5.91 Å². The lowest BCUT2D eigenvalue weighted by atomic mass is 10.2. The molecule has 0 aliphatic rings. The maximum atomic E-state index is 12.0. The molecule has 7 nitrogen and oxygen atoms in total. The van der Waals surface area contributed by atoms with Gasteiger partial charge in [-0.1, -0.05) is 12.1 Å². The minimum absolute atomic E-state index is 0.130. The molecule has 0 aliphatic heterocycles. The summed E-state index contributed by atoms with van der Waals surface area (Å²) in [5.41, 5.74) is 0.626. The normalized spacial score (nSPS) is 10.6. The van der Waals surface area contributed by atoms with Gasteiger partial charge in [-0.15, -0.1) is 0 Å². The third kappa shape index (κ3) is 3.36. The molecule has 0 aliphatic carbocycles. The molecule has 112 valence electrons. The molecule has 0 fully saturated rings. The smallest absolute Gasteiger partial charge is 0.263 e. The minimum Gasteiger partial charge on any atom is -0.351 e. The zero-order valence-electron chi connectivity index (χ0n) is 12.3. The Morgan fingerprint density at radius 3 is 2.86 bits per heavy atom. The van der Waals surface area contributed by atoms with Gasteiger partial charge in [0, 0.05) is 32.1 Å². The molecule has 0 bridgehead atoms. The largest absolute Gasteiger partial charge is 0.351 e. The second kappa shape index (κ2) is 6.34. The van der Waals surface area contributed by atoms with Crippen molar-refractivity contribution in [3.63, 3.8) is 0 Å². The maximum absolute atomic E-state index is 12.0. The first kappa shape index (κ1) is 15.0. The number of aromatic nitrogens is 3. The highest BCUT2D eigenvalue weighted by Gasteiger charge is 2.12. The van der Waals surface area contributed by atoms with E-state index in [1.807, 2.05) is 13.8 Å². The Balaban J connectivity index is 1.96. The molecule has 0 saturated heterocycles. The Morgan fingerprint density at radius 2 is 2.19 bits per heavy atom. The highest BCUT2D eigenvalue weighted by molar-refractivity contribution is 5.93. The van der Waals surface area contributed by atoms with E-state index >= 15 is 0 Å². The van der Waals surface area contributed by atoms with Crippen molar-refractivity contribution in [2.75, 3.05) is 6.54 Å². The van der Waals surface area contributed by atoms with Gasteiger partial charge in [-0.3, -0.25) is 9.59 Å². The average Bonchev–Trinajstić information content (AvgIpc) is 2.93. The molecule has 21 heavy (non-hydrogen) atoms. The predicted molar refractivity (Wildman–Crippen MR) is 76.1 cm³/mol. The number of aryl methyl sites for hydroxylation is 2. The van der Waals surface area contributed by atoms with E-state index in [0.717, 1.165) is 5.69 Å². The monoisotopic (exact) mass is 290 g/mol. The van der Waals surface area contributed by atoms with Gasteiger partial charge in [0.05, 0.1) is 0 Å². The van der Waals surface area contributed by atoms with E-state index in [9.17, 15) is 9.59 Å². The molecule has 0 aromatic carbocycles. The van der Waals surface area contributed by atoms with Gasteiger partial charge < -0.3 is 14.4 Å². The summed E-state index contributed by atoms with van der Waals surface area (Å²) in [7, 11) is 1.64. The number of rotatable bonds is 5. The molecule has 0 spiro atoms. The van der Waals surface area contributed by atoms with Gasteiger partial charge >= 0.3 is 0 Å². The van der Waals surface area contributed by atoms with Crippen molar-refractivity contribution in [3.8, 4) is 0 Å². The fourth-order valence-corrected chi connectivity index (χ4v) is 1.82. The molecular weight excluding hydrogens is 272 g/mol. The highest BCUT2D eigenvalue weighted by Crippen LogP contribution is 1.99. The van der Waals surface area contributed by atoms with Gasteiger partial charge in [-0.25, -0.2) is 0 Å². The van der Waals surface area contributed by atoms with Crippen LogP contribution in [0.2, 0.25) is 0 Å². The van der Waals surface area contributed by atoms with Crippen LogP contribution in [-0.2, 0) is 19.9 Å². The van der Waals surface area contributed by atoms with Crippen molar-refractivity contribution in [1.29, 1.82) is 0 Å². The Hall–Kier alpha value is -2.44. The van der Waals surface area contributed by atoms with E-state index in [1.54, 1.807) is 13.1 Å². The first-order chi connectivity index (χ1) is 10.0. The number of carbonyl (C=O) groups is 1. The number of nitrogens with one attached hydrogen (secondary N) is 1. The van der Waals surface area contributed by atoms with Crippen molar-refractivity contribution in [2.45, 2.75) is 26.7 Å². The summed E-state index contributed by atoms with van der Waals surface area (Å²) in [6.07, 6.45) is 1.14. The van der Waals surface area contributed by atoms with Crippen molar-refractivity contribution in [2.24, 2.45) is 7.05 Å². The number of hydrogen-bond donors (Lipinski definition) is 1. The van der Waals surface area contributed by atoms with E-state index in [1.165, 1.54) is 10.6 Å². The Kier molecular flexibility index (Phi) is 4.52. The lowest BCUT2D eigenvalue weighted by molar-refractivity contribution is 0.0952. The molecular formula is C14H18N4O3. The molecule has 0 radical (unpaired) electrons. The number of carbonyl (C=O) groups excluding carboxylic acids is 1. The Bertz CT molecular complexity index is 702. The van der Waals surface area contributed by atoms with Gasteiger partial charge in [0.25, 0.3) is 11.5 Å². The van der Waals surface area contributed by atoms with Gasteiger partial charge in [-0.05, 0) is 19.1 Å². The quantitative estimate of drug-likeness (QED) is 0.871. The molecule has 0 saturated carbocycles. The maximum Gasteiger partial charge on any atom is 0.263 e. The van der Waals surface area contributed by atoms with Crippen LogP contribution in [0.1, 0.15) is 34.7 Å². The van der Waals surface area contributed by atoms with E-state index in [4.69, 9.17) is 4.52 Å². The summed E-state index contributed by atoms with van der Waals surface area (Å²) >= 11 is 0.